The number of amides is 1. The van der Waals surface area contributed by atoms with Gasteiger partial charge in [0.2, 0.25) is 5.91 Å². The number of carboxylic acid groups (broad SMARTS) is 1. The average molecular weight is 322 g/mol. The highest BCUT2D eigenvalue weighted by molar-refractivity contribution is 7.18. The maximum absolute atomic E-state index is 11.8. The Morgan fingerprint density at radius 3 is 2.71 bits per heavy atom. The summed E-state index contributed by atoms with van der Waals surface area (Å²) in [6, 6.07) is 8.75. The van der Waals surface area contributed by atoms with Gasteiger partial charge in [-0.2, -0.15) is 0 Å². The Labute approximate surface area is 130 Å². The molecule has 0 bridgehead atoms. The van der Waals surface area contributed by atoms with Gasteiger partial charge in [0, 0.05) is 11.1 Å². The van der Waals surface area contributed by atoms with E-state index in [-0.39, 0.29) is 10.8 Å². The molecule has 21 heavy (non-hydrogen) atoms. The summed E-state index contributed by atoms with van der Waals surface area (Å²) in [5.41, 5.74) is 1.44. The van der Waals surface area contributed by atoms with Gasteiger partial charge in [-0.25, -0.2) is 4.79 Å². The van der Waals surface area contributed by atoms with Crippen LogP contribution in [-0.4, -0.2) is 17.0 Å². The van der Waals surface area contributed by atoms with Gasteiger partial charge in [-0.1, -0.05) is 23.7 Å². The molecule has 0 aliphatic carbocycles. The van der Waals surface area contributed by atoms with E-state index >= 15 is 0 Å². The summed E-state index contributed by atoms with van der Waals surface area (Å²) in [7, 11) is 0. The van der Waals surface area contributed by atoms with Crippen LogP contribution < -0.4 is 5.32 Å². The summed E-state index contributed by atoms with van der Waals surface area (Å²) in [6.45, 7) is 1.69. The number of aryl methyl sites for hydroxylation is 1. The first-order valence-corrected chi connectivity index (χ1v) is 7.23. The zero-order chi connectivity index (χ0) is 15.4. The third-order valence-corrected chi connectivity index (χ3v) is 4.01. The molecule has 0 atom stereocenters. The number of aromatic carboxylic acids is 1. The number of carbonyl (C=O) groups is 2. The number of nitrogens with one attached hydrogen (secondary N) is 1. The van der Waals surface area contributed by atoms with E-state index in [9.17, 15) is 9.59 Å². The first-order chi connectivity index (χ1) is 9.95. The summed E-state index contributed by atoms with van der Waals surface area (Å²) >= 11 is 6.88. The van der Waals surface area contributed by atoms with E-state index in [2.05, 4.69) is 5.32 Å². The van der Waals surface area contributed by atoms with E-state index in [0.29, 0.717) is 15.6 Å². The van der Waals surface area contributed by atoms with Crippen molar-refractivity contribution in [3.8, 4) is 0 Å². The molecule has 0 spiro atoms. The van der Waals surface area contributed by atoms with Gasteiger partial charge >= 0.3 is 5.97 Å². The Morgan fingerprint density at radius 2 is 2.10 bits per heavy atom. The molecule has 0 aliphatic rings. The van der Waals surface area contributed by atoms with Crippen molar-refractivity contribution in [2.45, 2.75) is 6.92 Å². The Bertz CT molecular complexity index is 721. The van der Waals surface area contributed by atoms with Crippen LogP contribution >= 0.6 is 22.9 Å². The van der Waals surface area contributed by atoms with E-state index in [4.69, 9.17) is 16.7 Å². The summed E-state index contributed by atoms with van der Waals surface area (Å²) in [5, 5.41) is 12.7. The minimum absolute atomic E-state index is 0.226. The normalized spacial score (nSPS) is 10.8. The number of carbonyl (C=O) groups excluding carboxylic acids is 1. The van der Waals surface area contributed by atoms with Gasteiger partial charge in [-0.3, -0.25) is 4.79 Å². The van der Waals surface area contributed by atoms with Gasteiger partial charge in [0.25, 0.3) is 0 Å². The van der Waals surface area contributed by atoms with Crippen molar-refractivity contribution in [3.05, 3.63) is 57.4 Å². The van der Waals surface area contributed by atoms with Gasteiger partial charge in [-0.05, 0) is 42.3 Å². The zero-order valence-electron chi connectivity index (χ0n) is 11.1. The fourth-order valence-corrected chi connectivity index (χ4v) is 2.81. The monoisotopic (exact) mass is 321 g/mol. The lowest BCUT2D eigenvalue weighted by Gasteiger charge is -1.97. The van der Waals surface area contributed by atoms with Crippen molar-refractivity contribution in [2.24, 2.45) is 0 Å². The van der Waals surface area contributed by atoms with Gasteiger partial charge < -0.3 is 10.4 Å². The molecule has 0 fully saturated rings. The number of halogens is 1. The molecule has 0 radical (unpaired) electrons. The second kappa shape index (κ2) is 6.56. The summed E-state index contributed by atoms with van der Waals surface area (Å²) in [5.74, 6) is -1.32. The Hall–Kier alpha value is -2.11. The number of rotatable bonds is 4. The molecule has 1 aromatic heterocycles. The number of carboxylic acids is 1. The van der Waals surface area contributed by atoms with Crippen LogP contribution in [0.2, 0.25) is 5.02 Å². The highest BCUT2D eigenvalue weighted by Gasteiger charge is 2.12. The second-order valence-electron chi connectivity index (χ2n) is 4.31. The third-order valence-electron chi connectivity index (χ3n) is 2.63. The Morgan fingerprint density at radius 1 is 1.33 bits per heavy atom. The SMILES string of the molecule is Cc1cc(NC(=O)/C=C/c2cccc(Cl)c2)sc1C(=O)O. The van der Waals surface area contributed by atoms with Gasteiger partial charge in [-0.15, -0.1) is 11.3 Å². The maximum Gasteiger partial charge on any atom is 0.346 e. The third kappa shape index (κ3) is 4.18. The zero-order valence-corrected chi connectivity index (χ0v) is 12.7. The van der Waals surface area contributed by atoms with Crippen LogP contribution in [0.15, 0.2) is 36.4 Å². The largest absolute Gasteiger partial charge is 0.477 e. The van der Waals surface area contributed by atoms with Gasteiger partial charge in [0.05, 0.1) is 5.00 Å². The molecule has 1 heterocycles. The fourth-order valence-electron chi connectivity index (χ4n) is 1.70. The van der Waals surface area contributed by atoms with Crippen LogP contribution in [0.4, 0.5) is 5.00 Å². The Balaban J connectivity index is 2.05. The molecule has 2 rings (SSSR count). The molecular weight excluding hydrogens is 310 g/mol. The first-order valence-electron chi connectivity index (χ1n) is 6.04. The quantitative estimate of drug-likeness (QED) is 0.834. The summed E-state index contributed by atoms with van der Waals surface area (Å²) in [6.07, 6.45) is 3.01. The molecule has 0 unspecified atom stereocenters. The molecule has 1 aromatic carbocycles. The number of hydrogen-bond acceptors (Lipinski definition) is 3. The topological polar surface area (TPSA) is 66.4 Å². The van der Waals surface area contributed by atoms with Crippen LogP contribution in [0.5, 0.6) is 0 Å². The molecule has 2 N–H and O–H groups in total. The lowest BCUT2D eigenvalue weighted by molar-refractivity contribution is -0.111. The predicted molar refractivity (Wildman–Crippen MR) is 85.1 cm³/mol. The minimum atomic E-state index is -0.993. The molecule has 6 heteroatoms. The highest BCUT2D eigenvalue weighted by Crippen LogP contribution is 2.26. The molecule has 2 aromatic rings. The molecular formula is C15H12ClNO3S. The standard InChI is InChI=1S/C15H12ClNO3S/c1-9-7-13(21-14(9)15(19)20)17-12(18)6-5-10-3-2-4-11(16)8-10/h2-8H,1H3,(H,17,18)(H,19,20)/b6-5+. The van der Waals surface area contributed by atoms with Crippen LogP contribution in [0.1, 0.15) is 20.8 Å². The number of hydrogen-bond donors (Lipinski definition) is 2. The highest BCUT2D eigenvalue weighted by atomic mass is 35.5. The predicted octanol–water partition coefficient (Wildman–Crippen LogP) is 4.06. The molecule has 1 amide bonds. The van der Waals surface area contributed by atoms with E-state index in [1.807, 2.05) is 6.07 Å². The molecule has 4 nitrogen and oxygen atoms in total. The minimum Gasteiger partial charge on any atom is -0.477 e. The number of benzene rings is 1. The average Bonchev–Trinajstić information content (AvgIpc) is 2.77. The Kier molecular flexibility index (Phi) is 4.77. The van der Waals surface area contributed by atoms with E-state index in [1.165, 1.54) is 6.08 Å². The van der Waals surface area contributed by atoms with Crippen molar-refractivity contribution in [1.82, 2.24) is 0 Å². The van der Waals surface area contributed by atoms with Gasteiger partial charge in [0.1, 0.15) is 4.88 Å². The smallest absolute Gasteiger partial charge is 0.346 e. The molecule has 108 valence electrons. The van der Waals surface area contributed by atoms with Crippen LogP contribution in [-0.2, 0) is 4.79 Å². The van der Waals surface area contributed by atoms with E-state index in [0.717, 1.165) is 16.9 Å². The summed E-state index contributed by atoms with van der Waals surface area (Å²) < 4.78 is 0. The number of anilines is 1. The molecule has 0 aliphatic heterocycles. The van der Waals surface area contributed by atoms with Gasteiger partial charge in [0.15, 0.2) is 0 Å². The summed E-state index contributed by atoms with van der Waals surface area (Å²) in [4.78, 5) is 23.0. The van der Waals surface area contributed by atoms with Crippen molar-refractivity contribution < 1.29 is 14.7 Å². The van der Waals surface area contributed by atoms with Crippen molar-refractivity contribution in [3.63, 3.8) is 0 Å². The van der Waals surface area contributed by atoms with Crippen LogP contribution in [0.25, 0.3) is 6.08 Å². The van der Waals surface area contributed by atoms with Crippen LogP contribution in [0, 0.1) is 6.92 Å². The maximum atomic E-state index is 11.8. The van der Waals surface area contributed by atoms with E-state index < -0.39 is 5.97 Å². The fraction of sp³-hybridized carbons (Fsp3) is 0.0667. The van der Waals surface area contributed by atoms with Crippen molar-refractivity contribution >= 4 is 45.9 Å². The first kappa shape index (κ1) is 15.3. The van der Waals surface area contributed by atoms with Crippen LogP contribution in [0.3, 0.4) is 0 Å². The molecule has 0 saturated heterocycles. The lowest BCUT2D eigenvalue weighted by atomic mass is 10.2. The number of thiophene rings is 1. The lowest BCUT2D eigenvalue weighted by Crippen LogP contribution is -2.06. The van der Waals surface area contributed by atoms with E-state index in [1.54, 1.807) is 37.3 Å². The van der Waals surface area contributed by atoms with Crippen molar-refractivity contribution in [2.75, 3.05) is 5.32 Å². The van der Waals surface area contributed by atoms with Crippen molar-refractivity contribution in [1.29, 1.82) is 0 Å². The second-order valence-corrected chi connectivity index (χ2v) is 5.79. The molecule has 0 saturated carbocycles.